The fourth-order valence-electron chi connectivity index (χ4n) is 3.61. The average Bonchev–Trinajstić information content (AvgIpc) is 2.59. The van der Waals surface area contributed by atoms with Crippen molar-refractivity contribution in [1.82, 2.24) is 9.80 Å². The molecule has 0 spiro atoms. The van der Waals surface area contributed by atoms with Gasteiger partial charge in [0.05, 0.1) is 6.54 Å². The van der Waals surface area contributed by atoms with Crippen LogP contribution in [0.2, 0.25) is 0 Å². The predicted molar refractivity (Wildman–Crippen MR) is 79.1 cm³/mol. The Morgan fingerprint density at radius 1 is 1.21 bits per heavy atom. The Morgan fingerprint density at radius 2 is 1.74 bits per heavy atom. The standard InChI is InChI=1S/C16H30N2O/c1-6-12-9-13-7-8-14(10-12)18(13)11-15(19)17(5)16(2,3)4/h12-14H,6-11H2,1-5H3. The number of carbonyl (C=O) groups is 1. The van der Waals surface area contributed by atoms with Crippen molar-refractivity contribution >= 4 is 5.91 Å². The highest BCUT2D eigenvalue weighted by molar-refractivity contribution is 5.78. The topological polar surface area (TPSA) is 23.6 Å². The molecule has 2 aliphatic heterocycles. The van der Waals surface area contributed by atoms with E-state index in [9.17, 15) is 4.79 Å². The summed E-state index contributed by atoms with van der Waals surface area (Å²) in [5, 5.41) is 0. The minimum Gasteiger partial charge on any atom is -0.340 e. The third-order valence-electron chi connectivity index (χ3n) is 5.26. The van der Waals surface area contributed by atoms with Crippen molar-refractivity contribution in [3.05, 3.63) is 0 Å². The number of carbonyl (C=O) groups excluding carboxylic acids is 1. The normalized spacial score (nSPS) is 31.5. The summed E-state index contributed by atoms with van der Waals surface area (Å²) >= 11 is 0. The average molecular weight is 266 g/mol. The van der Waals surface area contributed by atoms with Crippen LogP contribution in [0.4, 0.5) is 0 Å². The molecule has 1 amide bonds. The van der Waals surface area contributed by atoms with Gasteiger partial charge in [-0.2, -0.15) is 0 Å². The van der Waals surface area contributed by atoms with Crippen LogP contribution in [0.25, 0.3) is 0 Å². The number of fused-ring (bicyclic) bond motifs is 2. The number of rotatable bonds is 3. The first kappa shape index (κ1) is 14.8. The number of hydrogen-bond donors (Lipinski definition) is 0. The Balaban J connectivity index is 1.96. The first-order valence-corrected chi connectivity index (χ1v) is 7.85. The van der Waals surface area contributed by atoms with E-state index in [1.807, 2.05) is 11.9 Å². The van der Waals surface area contributed by atoms with E-state index in [0.717, 1.165) is 5.92 Å². The Bertz CT molecular complexity index is 320. The first-order chi connectivity index (χ1) is 8.82. The fourth-order valence-corrected chi connectivity index (χ4v) is 3.61. The molecule has 2 saturated heterocycles. The van der Waals surface area contributed by atoms with E-state index >= 15 is 0 Å². The summed E-state index contributed by atoms with van der Waals surface area (Å²) < 4.78 is 0. The molecular weight excluding hydrogens is 236 g/mol. The number of likely N-dealkylation sites (N-methyl/N-ethyl adjacent to an activating group) is 1. The summed E-state index contributed by atoms with van der Waals surface area (Å²) in [5.74, 6) is 1.17. The summed E-state index contributed by atoms with van der Waals surface area (Å²) in [4.78, 5) is 16.8. The van der Waals surface area contributed by atoms with E-state index in [1.165, 1.54) is 32.1 Å². The molecule has 19 heavy (non-hydrogen) atoms. The van der Waals surface area contributed by atoms with Crippen molar-refractivity contribution in [2.24, 2.45) is 5.92 Å². The molecule has 3 nitrogen and oxygen atoms in total. The number of piperidine rings is 1. The van der Waals surface area contributed by atoms with Crippen LogP contribution in [0.3, 0.4) is 0 Å². The molecule has 110 valence electrons. The largest absolute Gasteiger partial charge is 0.340 e. The molecule has 3 heteroatoms. The second kappa shape index (κ2) is 5.43. The predicted octanol–water partition coefficient (Wildman–Crippen LogP) is 2.90. The quantitative estimate of drug-likeness (QED) is 0.784. The third kappa shape index (κ3) is 3.13. The van der Waals surface area contributed by atoms with E-state index < -0.39 is 0 Å². The maximum Gasteiger partial charge on any atom is 0.236 e. The maximum absolute atomic E-state index is 12.4. The molecule has 0 aliphatic carbocycles. The van der Waals surface area contributed by atoms with Gasteiger partial charge in [-0.1, -0.05) is 13.3 Å². The lowest BCUT2D eigenvalue weighted by Gasteiger charge is -2.40. The van der Waals surface area contributed by atoms with Gasteiger partial charge >= 0.3 is 0 Å². The zero-order valence-electron chi connectivity index (χ0n) is 13.3. The molecule has 0 N–H and O–H groups in total. The number of nitrogens with zero attached hydrogens (tertiary/aromatic N) is 2. The second-order valence-electron chi connectivity index (χ2n) is 7.43. The van der Waals surface area contributed by atoms with Crippen LogP contribution in [0, 0.1) is 5.92 Å². The van der Waals surface area contributed by atoms with E-state index in [2.05, 4.69) is 32.6 Å². The summed E-state index contributed by atoms with van der Waals surface area (Å²) in [5.41, 5.74) is -0.0716. The van der Waals surface area contributed by atoms with Crippen molar-refractivity contribution < 1.29 is 4.79 Å². The van der Waals surface area contributed by atoms with Crippen LogP contribution in [0.15, 0.2) is 0 Å². The first-order valence-electron chi connectivity index (χ1n) is 7.85. The van der Waals surface area contributed by atoms with Crippen LogP contribution >= 0.6 is 0 Å². The van der Waals surface area contributed by atoms with Crippen molar-refractivity contribution in [2.45, 2.75) is 77.4 Å². The zero-order valence-corrected chi connectivity index (χ0v) is 13.3. The van der Waals surface area contributed by atoms with Gasteiger partial charge in [0.2, 0.25) is 5.91 Å². The molecule has 2 fully saturated rings. The van der Waals surface area contributed by atoms with E-state index in [1.54, 1.807) is 0 Å². The van der Waals surface area contributed by atoms with Crippen molar-refractivity contribution in [3.63, 3.8) is 0 Å². The van der Waals surface area contributed by atoms with Crippen LogP contribution in [-0.2, 0) is 4.79 Å². The van der Waals surface area contributed by atoms with Gasteiger partial charge in [-0.15, -0.1) is 0 Å². The second-order valence-corrected chi connectivity index (χ2v) is 7.43. The molecular formula is C16H30N2O. The number of amides is 1. The molecule has 2 bridgehead atoms. The Morgan fingerprint density at radius 3 is 2.16 bits per heavy atom. The summed E-state index contributed by atoms with van der Waals surface area (Å²) in [6.07, 6.45) is 6.51. The van der Waals surface area contributed by atoms with Gasteiger partial charge in [-0.25, -0.2) is 0 Å². The van der Waals surface area contributed by atoms with Gasteiger partial charge in [0.15, 0.2) is 0 Å². The van der Waals surface area contributed by atoms with E-state index in [4.69, 9.17) is 0 Å². The molecule has 2 aliphatic rings. The summed E-state index contributed by atoms with van der Waals surface area (Å²) in [6, 6.07) is 1.34. The summed E-state index contributed by atoms with van der Waals surface area (Å²) in [6.45, 7) is 9.23. The molecule has 2 unspecified atom stereocenters. The van der Waals surface area contributed by atoms with Crippen LogP contribution in [0.5, 0.6) is 0 Å². The molecule has 2 heterocycles. The zero-order chi connectivity index (χ0) is 14.2. The smallest absolute Gasteiger partial charge is 0.236 e. The van der Waals surface area contributed by atoms with Crippen LogP contribution in [-0.4, -0.2) is 46.9 Å². The van der Waals surface area contributed by atoms with Gasteiger partial charge in [-0.3, -0.25) is 9.69 Å². The molecule has 0 aromatic rings. The highest BCUT2D eigenvalue weighted by atomic mass is 16.2. The van der Waals surface area contributed by atoms with Crippen LogP contribution in [0.1, 0.15) is 59.8 Å². The van der Waals surface area contributed by atoms with E-state index in [-0.39, 0.29) is 11.4 Å². The highest BCUT2D eigenvalue weighted by Gasteiger charge is 2.41. The Kier molecular flexibility index (Phi) is 4.24. The fraction of sp³-hybridized carbons (Fsp3) is 0.938. The Hall–Kier alpha value is -0.570. The van der Waals surface area contributed by atoms with Gasteiger partial charge in [0.25, 0.3) is 0 Å². The number of hydrogen-bond acceptors (Lipinski definition) is 2. The molecule has 0 saturated carbocycles. The molecule has 0 aromatic carbocycles. The summed E-state index contributed by atoms with van der Waals surface area (Å²) in [7, 11) is 1.93. The van der Waals surface area contributed by atoms with Crippen molar-refractivity contribution in [2.75, 3.05) is 13.6 Å². The molecule has 2 atom stereocenters. The molecule has 2 rings (SSSR count). The highest BCUT2D eigenvalue weighted by Crippen LogP contribution is 2.39. The molecule has 0 radical (unpaired) electrons. The minimum absolute atomic E-state index is 0.0716. The van der Waals surface area contributed by atoms with Gasteiger partial charge in [0, 0.05) is 24.7 Å². The molecule has 0 aromatic heterocycles. The van der Waals surface area contributed by atoms with Gasteiger partial charge in [0.1, 0.15) is 0 Å². The van der Waals surface area contributed by atoms with E-state index in [0.29, 0.717) is 18.6 Å². The van der Waals surface area contributed by atoms with Gasteiger partial charge in [-0.05, 0) is 52.4 Å². The lowest BCUT2D eigenvalue weighted by Crippen LogP contribution is -2.51. The van der Waals surface area contributed by atoms with Crippen molar-refractivity contribution in [3.8, 4) is 0 Å². The monoisotopic (exact) mass is 266 g/mol. The minimum atomic E-state index is -0.0716. The van der Waals surface area contributed by atoms with Crippen molar-refractivity contribution in [1.29, 1.82) is 0 Å². The lowest BCUT2D eigenvalue weighted by molar-refractivity contribution is -0.136. The maximum atomic E-state index is 12.4. The van der Waals surface area contributed by atoms with Crippen LogP contribution < -0.4 is 0 Å². The van der Waals surface area contributed by atoms with Gasteiger partial charge < -0.3 is 4.90 Å². The SMILES string of the molecule is CCC1CC2CCC(C1)N2CC(=O)N(C)C(C)(C)C. The third-order valence-corrected chi connectivity index (χ3v) is 5.26. The lowest BCUT2D eigenvalue weighted by atomic mass is 9.89. The Labute approximate surface area is 118 Å².